The Bertz CT molecular complexity index is 554. The van der Waals surface area contributed by atoms with Gasteiger partial charge in [0.05, 0.1) is 0 Å². The van der Waals surface area contributed by atoms with Crippen molar-refractivity contribution in [1.82, 2.24) is 4.90 Å². The second kappa shape index (κ2) is 7.88. The number of likely N-dealkylation sites (tertiary alicyclic amines) is 1. The van der Waals surface area contributed by atoms with Gasteiger partial charge in [-0.3, -0.25) is 4.79 Å². The molecular weight excluding hydrogens is 323 g/mol. The minimum absolute atomic E-state index is 0.135. The Hall–Kier alpha value is -1.76. The van der Waals surface area contributed by atoms with Crippen molar-refractivity contribution in [1.29, 1.82) is 0 Å². The van der Waals surface area contributed by atoms with Crippen LogP contribution >= 0.6 is 0 Å². The molecule has 1 amide bonds. The smallest absolute Gasteiger partial charge is 0.414 e. The van der Waals surface area contributed by atoms with Crippen LogP contribution < -0.4 is 4.74 Å². The Kier molecular flexibility index (Phi) is 6.10. The average molecular weight is 345 g/mol. The highest BCUT2D eigenvalue weighted by atomic mass is 19.4. The van der Waals surface area contributed by atoms with Crippen molar-refractivity contribution < 1.29 is 27.8 Å². The number of hydrogen-bond acceptors (Lipinski definition) is 3. The monoisotopic (exact) mass is 345 g/mol. The van der Waals surface area contributed by atoms with E-state index in [0.29, 0.717) is 5.75 Å². The number of carbonyl (C=O) groups excluding carboxylic acids is 1. The number of rotatable bonds is 5. The van der Waals surface area contributed by atoms with Crippen molar-refractivity contribution in [3.63, 3.8) is 0 Å². The van der Waals surface area contributed by atoms with Crippen molar-refractivity contribution in [2.75, 3.05) is 19.7 Å². The van der Waals surface area contributed by atoms with E-state index in [-0.39, 0.29) is 38.4 Å². The molecule has 0 aromatic heterocycles. The summed E-state index contributed by atoms with van der Waals surface area (Å²) in [4.78, 5) is 13.7. The van der Waals surface area contributed by atoms with E-state index in [1.54, 1.807) is 6.07 Å². The lowest BCUT2D eigenvalue weighted by molar-refractivity contribution is -0.223. The number of para-hydroxylation sites is 1. The number of benzene rings is 1. The van der Waals surface area contributed by atoms with Crippen LogP contribution in [0.4, 0.5) is 13.2 Å². The first-order valence-electron chi connectivity index (χ1n) is 8.06. The Morgan fingerprint density at radius 1 is 1.33 bits per heavy atom. The fourth-order valence-electron chi connectivity index (χ4n) is 2.90. The van der Waals surface area contributed by atoms with Gasteiger partial charge in [-0.25, -0.2) is 0 Å². The summed E-state index contributed by atoms with van der Waals surface area (Å²) in [6.07, 6.45) is -5.87. The van der Waals surface area contributed by atoms with Crippen LogP contribution in [0.2, 0.25) is 0 Å². The Balaban J connectivity index is 1.83. The SMILES string of the molecule is CCc1ccccc1OCC(=O)N1CCC(C(O)C(F)(F)F)CC1. The van der Waals surface area contributed by atoms with E-state index in [0.717, 1.165) is 12.0 Å². The molecule has 2 rings (SSSR count). The number of aliphatic hydroxyl groups excluding tert-OH is 1. The van der Waals surface area contributed by atoms with Gasteiger partial charge in [0.1, 0.15) is 5.75 Å². The van der Waals surface area contributed by atoms with Crippen LogP contribution in [0, 0.1) is 5.92 Å². The molecule has 24 heavy (non-hydrogen) atoms. The van der Waals surface area contributed by atoms with E-state index in [9.17, 15) is 23.1 Å². The Morgan fingerprint density at radius 3 is 2.54 bits per heavy atom. The summed E-state index contributed by atoms with van der Waals surface area (Å²) in [5.41, 5.74) is 0.998. The molecule has 0 aliphatic carbocycles. The van der Waals surface area contributed by atoms with E-state index >= 15 is 0 Å². The predicted octanol–water partition coefficient (Wildman–Crippen LogP) is 2.79. The molecule has 7 heteroatoms. The van der Waals surface area contributed by atoms with Crippen LogP contribution in [-0.2, 0) is 11.2 Å². The summed E-state index contributed by atoms with van der Waals surface area (Å²) in [6.45, 7) is 2.26. The van der Waals surface area contributed by atoms with Crippen molar-refractivity contribution >= 4 is 5.91 Å². The van der Waals surface area contributed by atoms with E-state index in [4.69, 9.17) is 4.74 Å². The lowest BCUT2D eigenvalue weighted by Gasteiger charge is -2.34. The predicted molar refractivity (Wildman–Crippen MR) is 82.7 cm³/mol. The second-order valence-electron chi connectivity index (χ2n) is 5.95. The molecule has 1 aromatic rings. The van der Waals surface area contributed by atoms with Gasteiger partial charge in [-0.1, -0.05) is 25.1 Å². The topological polar surface area (TPSA) is 49.8 Å². The Morgan fingerprint density at radius 2 is 1.96 bits per heavy atom. The fraction of sp³-hybridized carbons (Fsp3) is 0.588. The van der Waals surface area contributed by atoms with Gasteiger partial charge >= 0.3 is 6.18 Å². The highest BCUT2D eigenvalue weighted by molar-refractivity contribution is 5.77. The van der Waals surface area contributed by atoms with E-state index in [2.05, 4.69) is 0 Å². The van der Waals surface area contributed by atoms with Crippen LogP contribution in [0.5, 0.6) is 5.75 Å². The fourth-order valence-corrected chi connectivity index (χ4v) is 2.90. The molecule has 134 valence electrons. The first-order chi connectivity index (χ1) is 11.3. The summed E-state index contributed by atoms with van der Waals surface area (Å²) in [7, 11) is 0. The van der Waals surface area contributed by atoms with Gasteiger partial charge < -0.3 is 14.7 Å². The number of alkyl halides is 3. The number of nitrogens with zero attached hydrogens (tertiary/aromatic N) is 1. The first-order valence-corrected chi connectivity index (χ1v) is 8.06. The third kappa shape index (κ3) is 4.63. The molecule has 1 atom stereocenters. The second-order valence-corrected chi connectivity index (χ2v) is 5.95. The van der Waals surface area contributed by atoms with Gasteiger partial charge in [-0.2, -0.15) is 13.2 Å². The van der Waals surface area contributed by atoms with Gasteiger partial charge in [0, 0.05) is 13.1 Å². The van der Waals surface area contributed by atoms with Gasteiger partial charge in [-0.15, -0.1) is 0 Å². The largest absolute Gasteiger partial charge is 0.483 e. The van der Waals surface area contributed by atoms with Crippen LogP contribution in [0.1, 0.15) is 25.3 Å². The van der Waals surface area contributed by atoms with Crippen LogP contribution in [0.3, 0.4) is 0 Å². The van der Waals surface area contributed by atoms with Crippen LogP contribution in [-0.4, -0.2) is 47.9 Å². The Labute approximate surface area is 139 Å². The summed E-state index contributed by atoms with van der Waals surface area (Å²) in [5, 5.41) is 9.29. The number of amides is 1. The molecule has 1 aromatic carbocycles. The van der Waals surface area contributed by atoms with Crippen molar-refractivity contribution in [2.24, 2.45) is 5.92 Å². The summed E-state index contributed by atoms with van der Waals surface area (Å²) in [5.74, 6) is -0.452. The molecule has 4 nitrogen and oxygen atoms in total. The van der Waals surface area contributed by atoms with E-state index in [1.165, 1.54) is 4.90 Å². The zero-order chi connectivity index (χ0) is 17.7. The molecule has 1 fully saturated rings. The molecule has 0 radical (unpaired) electrons. The number of hydrogen-bond donors (Lipinski definition) is 1. The van der Waals surface area contributed by atoms with Crippen LogP contribution in [0.15, 0.2) is 24.3 Å². The number of aliphatic hydroxyl groups is 1. The number of piperidine rings is 1. The number of halogens is 3. The first kappa shape index (κ1) is 18.6. The number of carbonyl (C=O) groups is 1. The van der Waals surface area contributed by atoms with Gasteiger partial charge in [0.15, 0.2) is 12.7 Å². The molecule has 1 heterocycles. The summed E-state index contributed by atoms with van der Waals surface area (Å²) < 4.78 is 43.1. The van der Waals surface area contributed by atoms with Crippen molar-refractivity contribution in [2.45, 2.75) is 38.5 Å². The molecule has 1 N–H and O–H groups in total. The lowest BCUT2D eigenvalue weighted by Crippen LogP contribution is -2.46. The molecule has 0 saturated carbocycles. The van der Waals surface area contributed by atoms with E-state index in [1.807, 2.05) is 25.1 Å². The molecule has 0 bridgehead atoms. The van der Waals surface area contributed by atoms with Gasteiger partial charge in [-0.05, 0) is 36.8 Å². The highest BCUT2D eigenvalue weighted by Gasteiger charge is 2.44. The summed E-state index contributed by atoms with van der Waals surface area (Å²) in [6, 6.07) is 7.43. The highest BCUT2D eigenvalue weighted by Crippen LogP contribution is 2.31. The molecule has 0 spiro atoms. The molecule has 1 aliphatic rings. The molecule has 1 aliphatic heterocycles. The maximum atomic E-state index is 12.5. The number of aryl methyl sites for hydroxylation is 1. The van der Waals surface area contributed by atoms with Crippen LogP contribution in [0.25, 0.3) is 0 Å². The maximum absolute atomic E-state index is 12.5. The zero-order valence-corrected chi connectivity index (χ0v) is 13.6. The minimum atomic E-state index is -4.61. The van der Waals surface area contributed by atoms with Crippen molar-refractivity contribution in [3.8, 4) is 5.75 Å². The third-order valence-electron chi connectivity index (χ3n) is 4.38. The minimum Gasteiger partial charge on any atom is -0.483 e. The normalized spacial score (nSPS) is 17.6. The molecule has 1 unspecified atom stereocenters. The summed E-state index contributed by atoms with van der Waals surface area (Å²) >= 11 is 0. The lowest BCUT2D eigenvalue weighted by atomic mass is 9.91. The van der Waals surface area contributed by atoms with Gasteiger partial charge in [0.2, 0.25) is 0 Å². The quantitative estimate of drug-likeness (QED) is 0.893. The number of ether oxygens (including phenoxy) is 1. The third-order valence-corrected chi connectivity index (χ3v) is 4.38. The van der Waals surface area contributed by atoms with Gasteiger partial charge in [0.25, 0.3) is 5.91 Å². The standard InChI is InChI=1S/C17H22F3NO3/c1-2-12-5-3-4-6-14(12)24-11-15(22)21-9-7-13(8-10-21)16(23)17(18,19)20/h3-6,13,16,23H,2,7-11H2,1H3. The zero-order valence-electron chi connectivity index (χ0n) is 13.6. The van der Waals surface area contributed by atoms with Crippen molar-refractivity contribution in [3.05, 3.63) is 29.8 Å². The maximum Gasteiger partial charge on any atom is 0.414 e. The average Bonchev–Trinajstić information content (AvgIpc) is 2.58. The van der Waals surface area contributed by atoms with E-state index < -0.39 is 18.2 Å². The molecular formula is C17H22F3NO3. The molecule has 1 saturated heterocycles.